The normalized spacial score (nSPS) is 34.1. The van der Waals surface area contributed by atoms with Crippen LogP contribution < -0.4 is 0 Å². The molecule has 2 heterocycles. The van der Waals surface area contributed by atoms with Crippen molar-refractivity contribution >= 4 is 11.9 Å². The summed E-state index contributed by atoms with van der Waals surface area (Å²) < 4.78 is 0. The minimum absolute atomic E-state index is 0.0412. The van der Waals surface area contributed by atoms with Gasteiger partial charge in [-0.15, -0.1) is 0 Å². The van der Waals surface area contributed by atoms with E-state index >= 15 is 0 Å². The van der Waals surface area contributed by atoms with E-state index in [4.69, 9.17) is 4.89 Å². The molecule has 2 bridgehead atoms. The van der Waals surface area contributed by atoms with E-state index in [9.17, 15) is 9.59 Å². The zero-order valence-electron chi connectivity index (χ0n) is 14.2. The van der Waals surface area contributed by atoms with Crippen LogP contribution >= 0.6 is 0 Å². The van der Waals surface area contributed by atoms with Gasteiger partial charge in [0.2, 0.25) is 0 Å². The molecule has 0 amide bonds. The van der Waals surface area contributed by atoms with Gasteiger partial charge >= 0.3 is 11.9 Å². The molecule has 1 saturated carbocycles. The average molecular weight is 314 g/mol. The molecule has 0 radical (unpaired) electrons. The summed E-state index contributed by atoms with van der Waals surface area (Å²) in [5, 5.41) is 8.57. The molecule has 22 heavy (non-hydrogen) atoms. The molecule has 3 fully saturated rings. The van der Waals surface area contributed by atoms with Crippen molar-refractivity contribution in [2.75, 3.05) is 0 Å². The summed E-state index contributed by atoms with van der Waals surface area (Å²) in [5.41, 5.74) is -1.27. The van der Waals surface area contributed by atoms with Gasteiger partial charge in [0.1, 0.15) is 0 Å². The molecule has 3 aliphatic rings. The maximum Gasteiger partial charge on any atom is 0.352 e. The summed E-state index contributed by atoms with van der Waals surface area (Å²) >= 11 is 0. The molecule has 0 spiro atoms. The fourth-order valence-corrected chi connectivity index (χ4v) is 4.17. The highest BCUT2D eigenvalue weighted by atomic mass is 17.7. The molecule has 0 N–H and O–H groups in total. The van der Waals surface area contributed by atoms with Crippen LogP contribution in [0.4, 0.5) is 0 Å². The average Bonchev–Trinajstić information content (AvgIpc) is 2.39. The van der Waals surface area contributed by atoms with Crippen LogP contribution in [0.1, 0.15) is 60.8 Å². The van der Waals surface area contributed by atoms with Crippen LogP contribution in [0, 0.1) is 28.1 Å². The van der Waals surface area contributed by atoms with Gasteiger partial charge in [-0.25, -0.2) is 9.59 Å². The lowest BCUT2D eigenvalue weighted by atomic mass is 9.47. The van der Waals surface area contributed by atoms with E-state index in [1.165, 1.54) is 0 Å². The minimum Gasteiger partial charge on any atom is -0.266 e. The Bertz CT molecular complexity index is 458. The van der Waals surface area contributed by atoms with E-state index in [1.807, 2.05) is 20.8 Å². The number of carbonyl (C=O) groups is 2. The summed E-state index contributed by atoms with van der Waals surface area (Å²) in [6, 6.07) is 0. The van der Waals surface area contributed by atoms with Gasteiger partial charge in [0.05, 0.1) is 11.3 Å². The van der Waals surface area contributed by atoms with Crippen LogP contribution in [-0.2, 0) is 29.4 Å². The van der Waals surface area contributed by atoms with E-state index in [0.29, 0.717) is 19.3 Å². The number of fused-ring (bicyclic) bond motifs is 7. The molecule has 1 aliphatic carbocycles. The number of rotatable bonds is 0. The van der Waals surface area contributed by atoms with Crippen molar-refractivity contribution in [3.8, 4) is 0 Å². The lowest BCUT2D eigenvalue weighted by molar-refractivity contribution is -0.603. The Hall–Kier alpha value is -1.14. The molecule has 3 unspecified atom stereocenters. The van der Waals surface area contributed by atoms with Crippen LogP contribution in [0.3, 0.4) is 0 Å². The van der Waals surface area contributed by atoms with E-state index in [1.54, 1.807) is 0 Å². The molecule has 0 aromatic carbocycles. The number of carbonyl (C=O) groups excluding carboxylic acids is 2. The summed E-state index contributed by atoms with van der Waals surface area (Å²) in [6.07, 6.45) is 1.69. The van der Waals surface area contributed by atoms with Gasteiger partial charge in [-0.05, 0) is 36.0 Å². The van der Waals surface area contributed by atoms with Gasteiger partial charge in [0, 0.05) is 10.1 Å². The van der Waals surface area contributed by atoms with Crippen molar-refractivity contribution in [2.24, 2.45) is 28.1 Å². The molecule has 2 aliphatic heterocycles. The molecular formula is C16H26O6. The standard InChI is InChI=1S/C16H26O6/c1-14(2,3)11-9-10-7-8-16(11,15(4,5)6)13(18)20-22-21-19-12(10)17/h10-11H,7-9H2,1-6H3. The second-order valence-corrected chi connectivity index (χ2v) is 8.52. The fraction of sp³-hybridized carbons (Fsp3) is 0.875. The largest absolute Gasteiger partial charge is 0.352 e. The van der Waals surface area contributed by atoms with Crippen molar-refractivity contribution in [1.82, 2.24) is 0 Å². The van der Waals surface area contributed by atoms with Crippen LogP contribution in [-0.4, -0.2) is 11.9 Å². The van der Waals surface area contributed by atoms with Crippen LogP contribution in [0.2, 0.25) is 0 Å². The lowest BCUT2D eigenvalue weighted by Gasteiger charge is -2.55. The molecule has 0 aromatic heterocycles. The van der Waals surface area contributed by atoms with Gasteiger partial charge < -0.3 is 0 Å². The molecular weight excluding hydrogens is 288 g/mol. The summed E-state index contributed by atoms with van der Waals surface area (Å²) in [4.78, 5) is 34.2. The van der Waals surface area contributed by atoms with Crippen LogP contribution in [0.5, 0.6) is 0 Å². The molecule has 0 aromatic rings. The van der Waals surface area contributed by atoms with E-state index in [-0.39, 0.29) is 22.7 Å². The monoisotopic (exact) mass is 314 g/mol. The van der Waals surface area contributed by atoms with Crippen molar-refractivity contribution in [1.29, 1.82) is 0 Å². The smallest absolute Gasteiger partial charge is 0.266 e. The predicted molar refractivity (Wildman–Crippen MR) is 76.5 cm³/mol. The van der Waals surface area contributed by atoms with E-state index in [2.05, 4.69) is 35.7 Å². The predicted octanol–water partition coefficient (Wildman–Crippen LogP) is 3.36. The Balaban J connectivity index is 2.55. The summed E-state index contributed by atoms with van der Waals surface area (Å²) in [7, 11) is 0. The zero-order chi connectivity index (χ0) is 16.8. The van der Waals surface area contributed by atoms with Crippen molar-refractivity contribution in [3.05, 3.63) is 0 Å². The Morgan fingerprint density at radius 3 is 2.14 bits per heavy atom. The first kappa shape index (κ1) is 17.2. The minimum atomic E-state index is -0.747. The van der Waals surface area contributed by atoms with Crippen molar-refractivity contribution in [2.45, 2.75) is 60.8 Å². The van der Waals surface area contributed by atoms with Gasteiger partial charge in [0.25, 0.3) is 0 Å². The highest BCUT2D eigenvalue weighted by Gasteiger charge is 2.61. The molecule has 126 valence electrons. The van der Waals surface area contributed by atoms with Crippen molar-refractivity contribution < 1.29 is 29.4 Å². The third-order valence-electron chi connectivity index (χ3n) is 5.34. The number of hydrogen-bond acceptors (Lipinski definition) is 6. The summed E-state index contributed by atoms with van der Waals surface area (Å²) in [6.45, 7) is 12.3. The first-order chi connectivity index (χ1) is 10.00. The Morgan fingerprint density at radius 1 is 1.00 bits per heavy atom. The lowest BCUT2D eigenvalue weighted by Crippen LogP contribution is -2.57. The SMILES string of the molecule is CC(C)(C)C1CC2CCC1(C(C)(C)C)C(=O)OOOOC2=O. The van der Waals surface area contributed by atoms with Gasteiger partial charge in [-0.2, -0.15) is 0 Å². The van der Waals surface area contributed by atoms with Gasteiger partial charge in [0.15, 0.2) is 0 Å². The van der Waals surface area contributed by atoms with Crippen LogP contribution in [0.25, 0.3) is 0 Å². The maximum atomic E-state index is 12.8. The van der Waals surface area contributed by atoms with E-state index < -0.39 is 17.4 Å². The quantitative estimate of drug-likeness (QED) is 0.638. The summed E-state index contributed by atoms with van der Waals surface area (Å²) in [5.74, 6) is -1.28. The zero-order valence-corrected chi connectivity index (χ0v) is 14.2. The highest BCUT2D eigenvalue weighted by Crippen LogP contribution is 2.60. The third kappa shape index (κ3) is 2.74. The first-order valence-electron chi connectivity index (χ1n) is 7.76. The number of hydrogen-bond donors (Lipinski definition) is 0. The topological polar surface area (TPSA) is 71.1 Å². The van der Waals surface area contributed by atoms with Gasteiger partial charge in [-0.3, -0.25) is 9.78 Å². The Kier molecular flexibility index (Phi) is 4.30. The first-order valence-corrected chi connectivity index (χ1v) is 7.76. The third-order valence-corrected chi connectivity index (χ3v) is 5.34. The van der Waals surface area contributed by atoms with Gasteiger partial charge in [-0.1, -0.05) is 41.5 Å². The molecule has 6 nitrogen and oxygen atoms in total. The highest BCUT2D eigenvalue weighted by molar-refractivity contribution is 5.79. The van der Waals surface area contributed by atoms with Crippen molar-refractivity contribution in [3.63, 3.8) is 0 Å². The second-order valence-electron chi connectivity index (χ2n) is 8.52. The molecule has 6 heteroatoms. The fourth-order valence-electron chi connectivity index (χ4n) is 4.17. The van der Waals surface area contributed by atoms with E-state index in [0.717, 1.165) is 0 Å². The Morgan fingerprint density at radius 2 is 1.59 bits per heavy atom. The maximum absolute atomic E-state index is 12.8. The molecule has 2 saturated heterocycles. The Labute approximate surface area is 131 Å². The molecule has 3 rings (SSSR count). The molecule has 3 atom stereocenters. The van der Waals surface area contributed by atoms with Crippen LogP contribution in [0.15, 0.2) is 0 Å². The second kappa shape index (κ2) is 5.49.